The van der Waals surface area contributed by atoms with Crippen molar-refractivity contribution in [2.75, 3.05) is 47.5 Å². The number of hydrogen-bond donors (Lipinski definition) is 1. The minimum atomic E-state index is -4.39. The van der Waals surface area contributed by atoms with Crippen LogP contribution in [-0.4, -0.2) is 74.9 Å². The van der Waals surface area contributed by atoms with Gasteiger partial charge in [-0.1, -0.05) is 140 Å². The first-order valence-electron chi connectivity index (χ1n) is 22.4. The molecule has 0 aliphatic heterocycles. The lowest BCUT2D eigenvalue weighted by Crippen LogP contribution is -2.37. The lowest BCUT2D eigenvalue weighted by Gasteiger charge is -2.24. The summed E-state index contributed by atoms with van der Waals surface area (Å²) in [5.74, 6) is -0.847. The molecule has 0 rings (SSSR count). The molecule has 0 saturated carbocycles. The second-order valence-electron chi connectivity index (χ2n) is 16.1. The maximum atomic E-state index is 12.7. The summed E-state index contributed by atoms with van der Waals surface area (Å²) in [5.41, 5.74) is 0. The summed E-state index contributed by atoms with van der Waals surface area (Å²) in [6, 6.07) is 0. The van der Waals surface area contributed by atoms with E-state index in [-0.39, 0.29) is 32.0 Å². The average molecular weight is 811 g/mol. The number of ether oxygens (including phenoxy) is 2. The van der Waals surface area contributed by atoms with Crippen molar-refractivity contribution in [1.29, 1.82) is 0 Å². The highest BCUT2D eigenvalue weighted by Crippen LogP contribution is 2.43. The second kappa shape index (κ2) is 38.5. The average Bonchev–Trinajstić information content (AvgIpc) is 3.15. The van der Waals surface area contributed by atoms with Crippen molar-refractivity contribution in [3.8, 4) is 0 Å². The highest BCUT2D eigenvalue weighted by atomic mass is 31.2. The van der Waals surface area contributed by atoms with Gasteiger partial charge >= 0.3 is 19.8 Å². The van der Waals surface area contributed by atoms with Crippen LogP contribution in [0.3, 0.4) is 0 Å². The smallest absolute Gasteiger partial charge is 0.462 e. The fourth-order valence-corrected chi connectivity index (χ4v) is 6.52. The molecule has 9 nitrogen and oxygen atoms in total. The minimum Gasteiger partial charge on any atom is -0.462 e. The third-order valence-electron chi connectivity index (χ3n) is 9.33. The number of likely N-dealkylation sites (N-methyl/N-ethyl adjacent to an activating group) is 1. The molecule has 0 amide bonds. The van der Waals surface area contributed by atoms with Crippen LogP contribution in [0.1, 0.15) is 181 Å². The van der Waals surface area contributed by atoms with Crippen molar-refractivity contribution in [2.24, 2.45) is 0 Å². The van der Waals surface area contributed by atoms with E-state index < -0.39 is 26.5 Å². The molecule has 0 aromatic heterocycles. The number of nitrogens with zero attached hydrogens (tertiary/aromatic N) is 1. The van der Waals surface area contributed by atoms with Crippen molar-refractivity contribution in [1.82, 2.24) is 0 Å². The Balaban J connectivity index is 4.41. The summed E-state index contributed by atoms with van der Waals surface area (Å²) in [6.45, 7) is 4.34. The van der Waals surface area contributed by atoms with E-state index in [1.165, 1.54) is 83.5 Å². The number of allylic oxidation sites excluding steroid dienone is 8. The Morgan fingerprint density at radius 3 is 1.48 bits per heavy atom. The van der Waals surface area contributed by atoms with Gasteiger partial charge in [0.25, 0.3) is 0 Å². The standard InChI is InChI=1S/C46H84NO8P/c1-6-8-10-12-14-16-18-20-22-23-25-26-28-30-32-34-36-38-45(48)52-42-44(43-54-56(50,51)53-41-40-47(3,4)5)55-46(49)39-37-35-33-31-29-27-24-21-19-17-15-13-11-9-7-2/h14,16,20-22,24,29,31,44H,6-13,15,17-19,23,25-28,30,32-43H2,1-5H3/p+1/b16-14+,22-20+,24-21+,31-29+/t44-/m1/s1. The van der Waals surface area contributed by atoms with Gasteiger partial charge in [0.1, 0.15) is 19.8 Å². The summed E-state index contributed by atoms with van der Waals surface area (Å²) in [7, 11) is 1.45. The summed E-state index contributed by atoms with van der Waals surface area (Å²) in [4.78, 5) is 35.4. The van der Waals surface area contributed by atoms with Crippen LogP contribution in [0.2, 0.25) is 0 Å². The number of unbranched alkanes of at least 4 members (excludes halogenated alkanes) is 18. The van der Waals surface area contributed by atoms with Crippen molar-refractivity contribution in [3.05, 3.63) is 48.6 Å². The summed E-state index contributed by atoms with van der Waals surface area (Å²) in [5, 5.41) is 0. The van der Waals surface area contributed by atoms with Crippen LogP contribution < -0.4 is 0 Å². The van der Waals surface area contributed by atoms with Gasteiger partial charge in [-0.25, -0.2) is 4.57 Å². The van der Waals surface area contributed by atoms with E-state index in [1.807, 2.05) is 21.1 Å². The van der Waals surface area contributed by atoms with E-state index in [0.717, 1.165) is 64.2 Å². The molecule has 0 aliphatic rings. The predicted octanol–water partition coefficient (Wildman–Crippen LogP) is 12.7. The fraction of sp³-hybridized carbons (Fsp3) is 0.783. The first-order chi connectivity index (χ1) is 27.0. The number of phosphoric ester groups is 1. The van der Waals surface area contributed by atoms with Crippen LogP contribution in [0.5, 0.6) is 0 Å². The molecule has 0 aliphatic carbocycles. The van der Waals surface area contributed by atoms with Crippen LogP contribution in [0.4, 0.5) is 0 Å². The van der Waals surface area contributed by atoms with Crippen LogP contribution in [0, 0.1) is 0 Å². The molecule has 0 saturated heterocycles. The number of carbonyl (C=O) groups excluding carboxylic acids is 2. The van der Waals surface area contributed by atoms with Gasteiger partial charge in [-0.3, -0.25) is 18.6 Å². The Kier molecular flexibility index (Phi) is 37.1. The van der Waals surface area contributed by atoms with Gasteiger partial charge in [-0.2, -0.15) is 0 Å². The zero-order valence-electron chi connectivity index (χ0n) is 36.6. The zero-order valence-corrected chi connectivity index (χ0v) is 37.5. The number of carbonyl (C=O) groups is 2. The molecule has 56 heavy (non-hydrogen) atoms. The molecule has 10 heteroatoms. The monoisotopic (exact) mass is 811 g/mol. The van der Waals surface area contributed by atoms with Crippen LogP contribution in [-0.2, 0) is 32.7 Å². The molecule has 2 atom stereocenters. The SMILES string of the molecule is CCCCC/C=C/C/C=C/CCCCCCCCCC(=O)OC[C@H](COP(=O)(O)OCC[N+](C)(C)C)OC(=O)CCCC/C=C/C/C=C/CCCCCCCC. The highest BCUT2D eigenvalue weighted by Gasteiger charge is 2.27. The van der Waals surface area contributed by atoms with Crippen molar-refractivity contribution < 1.29 is 42.1 Å². The number of phosphoric acid groups is 1. The van der Waals surface area contributed by atoms with Gasteiger partial charge in [0.2, 0.25) is 0 Å². The largest absolute Gasteiger partial charge is 0.472 e. The van der Waals surface area contributed by atoms with E-state index in [4.69, 9.17) is 18.5 Å². The lowest BCUT2D eigenvalue weighted by molar-refractivity contribution is -0.870. The topological polar surface area (TPSA) is 108 Å². The zero-order chi connectivity index (χ0) is 41.4. The predicted molar refractivity (Wildman–Crippen MR) is 233 cm³/mol. The number of esters is 2. The van der Waals surface area contributed by atoms with Crippen molar-refractivity contribution in [2.45, 2.75) is 187 Å². The molecular weight excluding hydrogens is 725 g/mol. The van der Waals surface area contributed by atoms with E-state index in [9.17, 15) is 19.0 Å². The molecule has 1 N–H and O–H groups in total. The number of hydrogen-bond acceptors (Lipinski definition) is 7. The third kappa shape index (κ3) is 41.6. The maximum absolute atomic E-state index is 12.7. The Labute approximate surface area is 343 Å². The van der Waals surface area contributed by atoms with E-state index in [0.29, 0.717) is 17.4 Å². The van der Waals surface area contributed by atoms with Crippen molar-refractivity contribution in [3.63, 3.8) is 0 Å². The van der Waals surface area contributed by atoms with Gasteiger partial charge < -0.3 is 18.9 Å². The van der Waals surface area contributed by atoms with E-state index >= 15 is 0 Å². The molecule has 0 fully saturated rings. The summed E-state index contributed by atoms with van der Waals surface area (Å²) < 4.78 is 34.3. The molecule has 0 radical (unpaired) electrons. The summed E-state index contributed by atoms with van der Waals surface area (Å²) >= 11 is 0. The summed E-state index contributed by atoms with van der Waals surface area (Å²) in [6.07, 6.45) is 44.4. The molecule has 0 aromatic rings. The highest BCUT2D eigenvalue weighted by molar-refractivity contribution is 7.47. The minimum absolute atomic E-state index is 0.0232. The quantitative estimate of drug-likeness (QED) is 0.0214. The van der Waals surface area contributed by atoms with Gasteiger partial charge in [0.05, 0.1) is 27.7 Å². The normalized spacial score (nSPS) is 14.0. The molecule has 326 valence electrons. The first-order valence-corrected chi connectivity index (χ1v) is 23.9. The van der Waals surface area contributed by atoms with Gasteiger partial charge in [0, 0.05) is 12.8 Å². The number of quaternary nitrogens is 1. The van der Waals surface area contributed by atoms with Crippen LogP contribution in [0.15, 0.2) is 48.6 Å². The van der Waals surface area contributed by atoms with Gasteiger partial charge in [0.15, 0.2) is 6.10 Å². The van der Waals surface area contributed by atoms with E-state index in [1.54, 1.807) is 0 Å². The van der Waals surface area contributed by atoms with E-state index in [2.05, 4.69) is 62.5 Å². The Morgan fingerprint density at radius 2 is 0.964 bits per heavy atom. The Bertz CT molecular complexity index is 1100. The Hall–Kier alpha value is -2.03. The lowest BCUT2D eigenvalue weighted by atomic mass is 10.1. The fourth-order valence-electron chi connectivity index (χ4n) is 5.78. The van der Waals surface area contributed by atoms with Gasteiger partial charge in [-0.05, 0) is 77.0 Å². The molecule has 0 spiro atoms. The third-order valence-corrected chi connectivity index (χ3v) is 10.3. The number of rotatable bonds is 40. The van der Waals surface area contributed by atoms with Crippen molar-refractivity contribution >= 4 is 19.8 Å². The molecule has 0 bridgehead atoms. The van der Waals surface area contributed by atoms with Crippen LogP contribution >= 0.6 is 7.82 Å². The molecule has 0 heterocycles. The second-order valence-corrected chi connectivity index (χ2v) is 17.5. The van der Waals surface area contributed by atoms with Crippen LogP contribution in [0.25, 0.3) is 0 Å². The first kappa shape index (κ1) is 54.0. The molecular formula is C46H85NO8P+. The Morgan fingerprint density at radius 1 is 0.554 bits per heavy atom. The van der Waals surface area contributed by atoms with Gasteiger partial charge in [-0.15, -0.1) is 0 Å². The maximum Gasteiger partial charge on any atom is 0.472 e. The molecule has 0 aromatic carbocycles. The molecule has 1 unspecified atom stereocenters.